The Hall–Kier alpha value is -0.930. The minimum Gasteiger partial charge on any atom is -0.449 e. The van der Waals surface area contributed by atoms with E-state index in [1.54, 1.807) is 18.7 Å². The molecule has 5 nitrogen and oxygen atoms in total. The number of carbonyl (C=O) groups excluding carboxylic acids is 1. The second-order valence-corrected chi connectivity index (χ2v) is 4.07. The van der Waals surface area contributed by atoms with Crippen molar-refractivity contribution in [3.05, 3.63) is 0 Å². The van der Waals surface area contributed by atoms with Crippen molar-refractivity contribution in [2.75, 3.05) is 18.1 Å². The number of hydrogen-bond acceptors (Lipinski definition) is 5. The molecule has 0 radical (unpaired) electrons. The van der Waals surface area contributed by atoms with Crippen LogP contribution in [0.25, 0.3) is 0 Å². The zero-order chi connectivity index (χ0) is 10.4. The molecule has 1 amide bonds. The van der Waals surface area contributed by atoms with Crippen molar-refractivity contribution in [2.45, 2.75) is 18.9 Å². The van der Waals surface area contributed by atoms with Crippen LogP contribution in [0.1, 0.15) is 13.3 Å². The van der Waals surface area contributed by atoms with Crippen molar-refractivity contribution < 1.29 is 9.53 Å². The Morgan fingerprint density at radius 1 is 1.79 bits per heavy atom. The first kappa shape index (κ1) is 11.1. The molecular formula is C8H13N3O2S. The molecule has 1 rings (SSSR count). The monoisotopic (exact) mass is 215 g/mol. The highest BCUT2D eigenvalue weighted by atomic mass is 32.2. The van der Waals surface area contributed by atoms with Crippen molar-refractivity contribution in [1.29, 1.82) is 5.26 Å². The van der Waals surface area contributed by atoms with Crippen LogP contribution < -0.4 is 10.9 Å². The molecule has 1 aliphatic rings. The third-order valence-electron chi connectivity index (χ3n) is 1.91. The molecule has 1 atom stereocenters. The molecule has 1 heterocycles. The van der Waals surface area contributed by atoms with Gasteiger partial charge in [0.1, 0.15) is 5.54 Å². The van der Waals surface area contributed by atoms with Gasteiger partial charge in [0.15, 0.2) is 0 Å². The van der Waals surface area contributed by atoms with Gasteiger partial charge in [-0.1, -0.05) is 0 Å². The predicted molar refractivity (Wildman–Crippen MR) is 53.6 cm³/mol. The Morgan fingerprint density at radius 2 is 2.57 bits per heavy atom. The lowest BCUT2D eigenvalue weighted by atomic mass is 10.0. The molecule has 0 bridgehead atoms. The smallest absolute Gasteiger partial charge is 0.421 e. The second kappa shape index (κ2) is 5.08. The fraction of sp³-hybridized carbons (Fsp3) is 0.750. The van der Waals surface area contributed by atoms with Crippen LogP contribution in [0.4, 0.5) is 4.79 Å². The van der Waals surface area contributed by atoms with Gasteiger partial charge < -0.3 is 4.74 Å². The average Bonchev–Trinajstić information content (AvgIpc) is 2.65. The zero-order valence-corrected chi connectivity index (χ0v) is 8.82. The maximum Gasteiger partial charge on any atom is 0.421 e. The molecule has 2 N–H and O–H groups in total. The number of amides is 1. The van der Waals surface area contributed by atoms with Crippen LogP contribution in [-0.2, 0) is 4.74 Å². The van der Waals surface area contributed by atoms with Gasteiger partial charge in [0, 0.05) is 5.75 Å². The molecule has 0 spiro atoms. The van der Waals surface area contributed by atoms with Crippen molar-refractivity contribution in [3.63, 3.8) is 0 Å². The van der Waals surface area contributed by atoms with E-state index in [0.717, 1.165) is 12.2 Å². The first-order valence-electron chi connectivity index (χ1n) is 4.41. The van der Waals surface area contributed by atoms with E-state index in [2.05, 4.69) is 21.7 Å². The van der Waals surface area contributed by atoms with Gasteiger partial charge in [-0.15, -0.1) is 0 Å². The Balaban J connectivity index is 2.35. The van der Waals surface area contributed by atoms with Gasteiger partial charge in [-0.3, -0.25) is 5.43 Å². The Bertz CT molecular complexity index is 245. The molecule has 0 aromatic rings. The quantitative estimate of drug-likeness (QED) is 0.676. The third-order valence-corrected chi connectivity index (χ3v) is 3.10. The summed E-state index contributed by atoms with van der Waals surface area (Å²) in [6.07, 6.45) is 0.194. The number of rotatable bonds is 3. The van der Waals surface area contributed by atoms with Crippen LogP contribution in [0.5, 0.6) is 0 Å². The first-order valence-corrected chi connectivity index (χ1v) is 5.57. The number of ether oxygens (including phenoxy) is 1. The van der Waals surface area contributed by atoms with Gasteiger partial charge >= 0.3 is 6.09 Å². The number of nitrogens with zero attached hydrogens (tertiary/aromatic N) is 1. The summed E-state index contributed by atoms with van der Waals surface area (Å²) in [5, 5.41) is 8.94. The number of hydrogen-bond donors (Lipinski definition) is 2. The lowest BCUT2D eigenvalue weighted by Crippen LogP contribution is -2.53. The van der Waals surface area contributed by atoms with Crippen LogP contribution in [0, 0.1) is 11.3 Å². The van der Waals surface area contributed by atoms with E-state index in [4.69, 9.17) is 5.26 Å². The number of hydrazine groups is 1. The van der Waals surface area contributed by atoms with Gasteiger partial charge in [-0.05, 0) is 19.1 Å². The van der Waals surface area contributed by atoms with Crippen LogP contribution in [0.2, 0.25) is 0 Å². The van der Waals surface area contributed by atoms with E-state index in [-0.39, 0.29) is 0 Å². The second-order valence-electron chi connectivity index (χ2n) is 2.97. The Morgan fingerprint density at radius 3 is 3.07 bits per heavy atom. The highest BCUT2D eigenvalue weighted by Gasteiger charge is 2.34. The van der Waals surface area contributed by atoms with Crippen LogP contribution in [0.3, 0.4) is 0 Å². The Kier molecular flexibility index (Phi) is 4.04. The average molecular weight is 215 g/mol. The largest absolute Gasteiger partial charge is 0.449 e. The maximum absolute atomic E-state index is 10.9. The van der Waals surface area contributed by atoms with Crippen LogP contribution >= 0.6 is 11.8 Å². The van der Waals surface area contributed by atoms with Crippen LogP contribution in [0.15, 0.2) is 0 Å². The molecule has 0 saturated carbocycles. The first-order chi connectivity index (χ1) is 6.72. The molecule has 1 fully saturated rings. The molecular weight excluding hydrogens is 202 g/mol. The number of thioether (sulfide) groups is 1. The predicted octanol–water partition coefficient (Wildman–Crippen LogP) is 0.636. The summed E-state index contributed by atoms with van der Waals surface area (Å²) in [5.41, 5.74) is 4.47. The van der Waals surface area contributed by atoms with Crippen molar-refractivity contribution in [3.8, 4) is 6.07 Å². The van der Waals surface area contributed by atoms with Crippen molar-refractivity contribution in [2.24, 2.45) is 0 Å². The summed E-state index contributed by atoms with van der Waals surface area (Å²) in [7, 11) is 0. The molecule has 14 heavy (non-hydrogen) atoms. The van der Waals surface area contributed by atoms with E-state index >= 15 is 0 Å². The summed E-state index contributed by atoms with van der Waals surface area (Å²) < 4.78 is 4.66. The summed E-state index contributed by atoms with van der Waals surface area (Å²) >= 11 is 1.69. The van der Waals surface area contributed by atoms with Crippen molar-refractivity contribution in [1.82, 2.24) is 10.9 Å². The van der Waals surface area contributed by atoms with Gasteiger partial charge in [0.2, 0.25) is 0 Å². The maximum atomic E-state index is 10.9. The van der Waals surface area contributed by atoms with Gasteiger partial charge in [0.05, 0.1) is 12.7 Å². The molecule has 6 heteroatoms. The van der Waals surface area contributed by atoms with E-state index < -0.39 is 11.6 Å². The fourth-order valence-corrected chi connectivity index (χ4v) is 2.38. The van der Waals surface area contributed by atoms with E-state index in [0.29, 0.717) is 12.4 Å². The summed E-state index contributed by atoms with van der Waals surface area (Å²) in [6.45, 7) is 2.05. The molecule has 1 saturated heterocycles. The molecule has 78 valence electrons. The summed E-state index contributed by atoms with van der Waals surface area (Å²) in [5.74, 6) is 1.63. The lowest BCUT2D eigenvalue weighted by Gasteiger charge is -2.20. The van der Waals surface area contributed by atoms with Crippen molar-refractivity contribution >= 4 is 17.9 Å². The zero-order valence-electron chi connectivity index (χ0n) is 8.00. The van der Waals surface area contributed by atoms with Gasteiger partial charge in [-0.25, -0.2) is 10.2 Å². The molecule has 0 unspecified atom stereocenters. The highest BCUT2D eigenvalue weighted by Crippen LogP contribution is 2.26. The number of nitrogens with one attached hydrogen (secondary N) is 2. The number of nitriles is 1. The third kappa shape index (κ3) is 2.79. The van der Waals surface area contributed by atoms with Gasteiger partial charge in [0.25, 0.3) is 0 Å². The summed E-state index contributed by atoms with van der Waals surface area (Å²) in [4.78, 5) is 10.9. The highest BCUT2D eigenvalue weighted by molar-refractivity contribution is 7.99. The van der Waals surface area contributed by atoms with E-state index in [1.165, 1.54) is 0 Å². The normalized spacial score (nSPS) is 25.4. The molecule has 1 aliphatic heterocycles. The Labute approximate surface area is 87.1 Å². The molecule has 0 aromatic heterocycles. The van der Waals surface area contributed by atoms with Gasteiger partial charge in [-0.2, -0.15) is 17.0 Å². The molecule has 0 aliphatic carbocycles. The number of carbonyl (C=O) groups is 1. The minimum absolute atomic E-state index is 0.321. The van der Waals surface area contributed by atoms with Crippen LogP contribution in [-0.4, -0.2) is 29.7 Å². The lowest BCUT2D eigenvalue weighted by molar-refractivity contribution is 0.143. The van der Waals surface area contributed by atoms with E-state index in [9.17, 15) is 4.79 Å². The SMILES string of the molecule is CCOC(=O)NN[C@]1(C#N)CCSC1. The fourth-order valence-electron chi connectivity index (χ4n) is 1.12. The van der Waals surface area contributed by atoms with E-state index in [1.807, 2.05) is 0 Å². The summed E-state index contributed by atoms with van der Waals surface area (Å²) in [6, 6.07) is 2.17. The molecule has 0 aromatic carbocycles. The topological polar surface area (TPSA) is 74.2 Å². The standard InChI is InChI=1S/C8H13N3O2S/c1-2-13-7(12)10-11-8(5-9)3-4-14-6-8/h11H,2-4,6H2,1H3,(H,10,12)/t8-/m0/s1. The minimum atomic E-state index is -0.628.